The van der Waals surface area contributed by atoms with Crippen molar-refractivity contribution in [1.29, 1.82) is 0 Å². The minimum atomic E-state index is -0.00483. The molecule has 2 aromatic carbocycles. The second-order valence-electron chi connectivity index (χ2n) is 7.01. The van der Waals surface area contributed by atoms with E-state index >= 15 is 0 Å². The van der Waals surface area contributed by atoms with Gasteiger partial charge in [0.05, 0.1) is 11.0 Å². The summed E-state index contributed by atoms with van der Waals surface area (Å²) in [6.07, 6.45) is 2.47. The molecule has 0 radical (unpaired) electrons. The van der Waals surface area contributed by atoms with Gasteiger partial charge in [-0.05, 0) is 43.0 Å². The second-order valence-corrected chi connectivity index (χ2v) is 7.01. The van der Waals surface area contributed by atoms with Crippen LogP contribution in [0, 0.1) is 5.92 Å². The Morgan fingerprint density at radius 3 is 2.68 bits per heavy atom. The highest BCUT2D eigenvalue weighted by Crippen LogP contribution is 2.24. The van der Waals surface area contributed by atoms with Crippen LogP contribution in [0.2, 0.25) is 0 Å². The molecule has 0 saturated carbocycles. The molecule has 130 valence electrons. The number of likely N-dealkylation sites (tertiary alicyclic amines) is 1. The summed E-state index contributed by atoms with van der Waals surface area (Å²) < 4.78 is 2.21. The van der Waals surface area contributed by atoms with Crippen molar-refractivity contribution in [1.82, 2.24) is 14.5 Å². The molecule has 4 nitrogen and oxygen atoms in total. The lowest BCUT2D eigenvalue weighted by atomic mass is 9.97. The Balaban J connectivity index is 1.49. The van der Waals surface area contributed by atoms with E-state index in [1.807, 2.05) is 18.2 Å². The highest BCUT2D eigenvalue weighted by atomic mass is 16.3. The summed E-state index contributed by atoms with van der Waals surface area (Å²) in [5.74, 6) is 1.38. The largest absolute Gasteiger partial charge is 0.388 e. The van der Waals surface area contributed by atoms with Crippen molar-refractivity contribution >= 4 is 11.0 Å². The Kier molecular flexibility index (Phi) is 4.81. The summed E-state index contributed by atoms with van der Waals surface area (Å²) in [4.78, 5) is 7.14. The highest BCUT2D eigenvalue weighted by Gasteiger charge is 2.22. The van der Waals surface area contributed by atoms with Gasteiger partial charge in [-0.3, -0.25) is 4.90 Å². The molecule has 1 aliphatic rings. The second kappa shape index (κ2) is 7.38. The first-order chi connectivity index (χ1) is 12.3. The molecule has 1 aromatic heterocycles. The Bertz CT molecular complexity index is 828. The summed E-state index contributed by atoms with van der Waals surface area (Å²) in [6.45, 7) is 4.22. The third-order valence-corrected chi connectivity index (χ3v) is 5.17. The third kappa shape index (κ3) is 3.60. The molecule has 1 N–H and O–H groups in total. The summed E-state index contributed by atoms with van der Waals surface area (Å²) in [5, 5.41) is 9.70. The molecule has 1 saturated heterocycles. The van der Waals surface area contributed by atoms with Crippen LogP contribution in [0.1, 0.15) is 24.2 Å². The zero-order chi connectivity index (χ0) is 17.1. The number of rotatable bonds is 5. The SMILES string of the molecule is OCc1nc2ccccc2n1CC1CCCN(Cc2ccccc2)C1. The van der Waals surface area contributed by atoms with Gasteiger partial charge in [0.25, 0.3) is 0 Å². The number of benzene rings is 2. The zero-order valence-corrected chi connectivity index (χ0v) is 14.5. The summed E-state index contributed by atoms with van der Waals surface area (Å²) in [6, 6.07) is 18.9. The van der Waals surface area contributed by atoms with E-state index in [0.717, 1.165) is 36.5 Å². The van der Waals surface area contributed by atoms with Gasteiger partial charge >= 0.3 is 0 Å². The maximum Gasteiger partial charge on any atom is 0.135 e. The molecule has 1 atom stereocenters. The van der Waals surface area contributed by atoms with E-state index in [-0.39, 0.29) is 6.61 Å². The lowest BCUT2D eigenvalue weighted by Crippen LogP contribution is -2.36. The van der Waals surface area contributed by atoms with E-state index in [4.69, 9.17) is 0 Å². The lowest BCUT2D eigenvalue weighted by Gasteiger charge is -2.33. The molecule has 1 aliphatic heterocycles. The fraction of sp³-hybridized carbons (Fsp3) is 0.381. The van der Waals surface area contributed by atoms with E-state index in [0.29, 0.717) is 5.92 Å². The third-order valence-electron chi connectivity index (χ3n) is 5.17. The first-order valence-electron chi connectivity index (χ1n) is 9.15. The van der Waals surface area contributed by atoms with E-state index in [1.54, 1.807) is 0 Å². The number of fused-ring (bicyclic) bond motifs is 1. The first-order valence-corrected chi connectivity index (χ1v) is 9.15. The molecule has 0 bridgehead atoms. The molecule has 0 spiro atoms. The van der Waals surface area contributed by atoms with Crippen LogP contribution in [0.25, 0.3) is 11.0 Å². The number of aromatic nitrogens is 2. The fourth-order valence-corrected chi connectivity index (χ4v) is 3.99. The Morgan fingerprint density at radius 2 is 1.84 bits per heavy atom. The average Bonchev–Trinajstić information content (AvgIpc) is 3.01. The molecular formula is C21H25N3O. The van der Waals surface area contributed by atoms with Crippen molar-refractivity contribution in [2.24, 2.45) is 5.92 Å². The standard InChI is InChI=1S/C21H25N3O/c25-16-21-22-19-10-4-5-11-20(19)24(21)15-18-9-6-12-23(14-18)13-17-7-2-1-3-8-17/h1-5,7-8,10-11,18,25H,6,9,12-16H2. The van der Waals surface area contributed by atoms with Gasteiger partial charge < -0.3 is 9.67 Å². The van der Waals surface area contributed by atoms with Crippen molar-refractivity contribution < 1.29 is 5.11 Å². The van der Waals surface area contributed by atoms with Gasteiger partial charge in [-0.1, -0.05) is 42.5 Å². The summed E-state index contributed by atoms with van der Waals surface area (Å²) in [7, 11) is 0. The maximum atomic E-state index is 9.70. The molecule has 25 heavy (non-hydrogen) atoms. The number of hydrogen-bond acceptors (Lipinski definition) is 3. The minimum absolute atomic E-state index is 0.00483. The van der Waals surface area contributed by atoms with Crippen LogP contribution in [0.5, 0.6) is 0 Å². The van der Waals surface area contributed by atoms with Crippen molar-refractivity contribution in [2.45, 2.75) is 32.5 Å². The molecule has 0 aliphatic carbocycles. The fourth-order valence-electron chi connectivity index (χ4n) is 3.99. The van der Waals surface area contributed by atoms with Gasteiger partial charge in [0.15, 0.2) is 0 Å². The minimum Gasteiger partial charge on any atom is -0.388 e. The molecule has 1 unspecified atom stereocenters. The highest BCUT2D eigenvalue weighted by molar-refractivity contribution is 5.75. The number of imidazole rings is 1. The van der Waals surface area contributed by atoms with Crippen molar-refractivity contribution in [3.63, 3.8) is 0 Å². The Labute approximate surface area is 148 Å². The molecule has 4 heteroatoms. The van der Waals surface area contributed by atoms with Gasteiger partial charge in [0, 0.05) is 19.6 Å². The predicted octanol–water partition coefficient (Wildman–Crippen LogP) is 3.44. The number of para-hydroxylation sites is 2. The number of piperidine rings is 1. The average molecular weight is 335 g/mol. The van der Waals surface area contributed by atoms with Crippen LogP contribution in [0.3, 0.4) is 0 Å². The number of aliphatic hydroxyl groups is 1. The van der Waals surface area contributed by atoms with E-state index in [9.17, 15) is 5.11 Å². The predicted molar refractivity (Wildman–Crippen MR) is 100 cm³/mol. The lowest BCUT2D eigenvalue weighted by molar-refractivity contribution is 0.154. The normalized spacial score (nSPS) is 18.7. The van der Waals surface area contributed by atoms with E-state index in [1.165, 1.54) is 24.9 Å². The number of aliphatic hydroxyl groups excluding tert-OH is 1. The number of nitrogens with zero attached hydrogens (tertiary/aromatic N) is 3. The molecule has 1 fully saturated rings. The molecule has 2 heterocycles. The topological polar surface area (TPSA) is 41.3 Å². The smallest absolute Gasteiger partial charge is 0.135 e. The quantitative estimate of drug-likeness (QED) is 0.776. The van der Waals surface area contributed by atoms with Crippen LogP contribution in [-0.4, -0.2) is 32.6 Å². The van der Waals surface area contributed by atoms with Gasteiger partial charge in [0.1, 0.15) is 12.4 Å². The van der Waals surface area contributed by atoms with Crippen molar-refractivity contribution in [2.75, 3.05) is 13.1 Å². The van der Waals surface area contributed by atoms with Gasteiger partial charge in [-0.2, -0.15) is 0 Å². The number of hydrogen-bond donors (Lipinski definition) is 1. The Hall–Kier alpha value is -2.17. The van der Waals surface area contributed by atoms with Crippen LogP contribution in [0.4, 0.5) is 0 Å². The first kappa shape index (κ1) is 16.3. The maximum absolute atomic E-state index is 9.70. The van der Waals surface area contributed by atoms with Crippen molar-refractivity contribution in [3.05, 3.63) is 66.0 Å². The summed E-state index contributed by atoms with van der Waals surface area (Å²) in [5.41, 5.74) is 3.49. The van der Waals surface area contributed by atoms with Gasteiger partial charge in [-0.15, -0.1) is 0 Å². The zero-order valence-electron chi connectivity index (χ0n) is 14.5. The molecule has 4 rings (SSSR count). The monoisotopic (exact) mass is 335 g/mol. The van der Waals surface area contributed by atoms with Crippen LogP contribution < -0.4 is 0 Å². The molecule has 0 amide bonds. The van der Waals surface area contributed by atoms with Gasteiger partial charge in [-0.25, -0.2) is 4.98 Å². The van der Waals surface area contributed by atoms with Crippen LogP contribution >= 0.6 is 0 Å². The molecular weight excluding hydrogens is 310 g/mol. The molecule has 3 aromatic rings. The van der Waals surface area contributed by atoms with E-state index < -0.39 is 0 Å². The van der Waals surface area contributed by atoms with Crippen LogP contribution in [-0.2, 0) is 19.7 Å². The summed E-state index contributed by atoms with van der Waals surface area (Å²) >= 11 is 0. The Morgan fingerprint density at radius 1 is 1.04 bits per heavy atom. The van der Waals surface area contributed by atoms with Gasteiger partial charge in [0.2, 0.25) is 0 Å². The van der Waals surface area contributed by atoms with Crippen molar-refractivity contribution in [3.8, 4) is 0 Å². The van der Waals surface area contributed by atoms with Crippen LogP contribution in [0.15, 0.2) is 54.6 Å². The van der Waals surface area contributed by atoms with E-state index in [2.05, 4.69) is 50.8 Å².